The van der Waals surface area contributed by atoms with Gasteiger partial charge in [-0.25, -0.2) is 21.9 Å². The highest BCUT2D eigenvalue weighted by Gasteiger charge is 2.15. The lowest BCUT2D eigenvalue weighted by molar-refractivity contribution is 0.275. The number of aliphatic hydroxyl groups is 1. The van der Waals surface area contributed by atoms with Crippen LogP contribution < -0.4 is 4.72 Å². The third-order valence-corrected chi connectivity index (χ3v) is 4.28. The second-order valence-corrected chi connectivity index (χ2v) is 6.13. The van der Waals surface area contributed by atoms with E-state index in [1.165, 1.54) is 24.3 Å². The van der Waals surface area contributed by atoms with E-state index in [9.17, 15) is 17.2 Å². The smallest absolute Gasteiger partial charge is 0.240 e. The van der Waals surface area contributed by atoms with Gasteiger partial charge < -0.3 is 5.11 Å². The molecule has 0 saturated carbocycles. The van der Waals surface area contributed by atoms with Crippen molar-refractivity contribution in [3.8, 4) is 0 Å². The molecule has 2 aromatic carbocycles. The van der Waals surface area contributed by atoms with Crippen molar-refractivity contribution in [2.24, 2.45) is 0 Å². The quantitative estimate of drug-likeness (QED) is 0.886. The summed E-state index contributed by atoms with van der Waals surface area (Å²) in [6.45, 7) is -0.610. The van der Waals surface area contributed by atoms with Gasteiger partial charge in [0.25, 0.3) is 0 Å². The van der Waals surface area contributed by atoms with Crippen LogP contribution in [0.5, 0.6) is 0 Å². The van der Waals surface area contributed by atoms with Crippen LogP contribution in [0.1, 0.15) is 11.1 Å². The first-order valence-corrected chi connectivity index (χ1v) is 7.54. The third kappa shape index (κ3) is 3.84. The van der Waals surface area contributed by atoms with E-state index in [-0.39, 0.29) is 17.0 Å². The van der Waals surface area contributed by atoms with Gasteiger partial charge in [-0.05, 0) is 35.9 Å². The first kappa shape index (κ1) is 15.6. The number of aliphatic hydroxyl groups excluding tert-OH is 1. The molecule has 0 aromatic heterocycles. The van der Waals surface area contributed by atoms with Crippen molar-refractivity contribution in [3.05, 3.63) is 65.2 Å². The Labute approximate surface area is 121 Å². The topological polar surface area (TPSA) is 66.4 Å². The van der Waals surface area contributed by atoms with Crippen LogP contribution in [0.25, 0.3) is 0 Å². The minimum atomic E-state index is -3.84. The summed E-state index contributed by atoms with van der Waals surface area (Å²) >= 11 is 0. The fourth-order valence-corrected chi connectivity index (χ4v) is 2.77. The summed E-state index contributed by atoms with van der Waals surface area (Å²) in [4.78, 5) is -0.143. The molecule has 0 aliphatic carbocycles. The lowest BCUT2D eigenvalue weighted by atomic mass is 10.2. The molecule has 0 spiro atoms. The largest absolute Gasteiger partial charge is 0.392 e. The SMILES string of the molecule is O=S(=O)(NCc1ccc(F)cc1)c1ccc(F)c(CO)c1. The van der Waals surface area contributed by atoms with E-state index >= 15 is 0 Å². The first-order valence-electron chi connectivity index (χ1n) is 6.06. The van der Waals surface area contributed by atoms with Gasteiger partial charge in [-0.2, -0.15) is 0 Å². The molecule has 2 aromatic rings. The number of rotatable bonds is 5. The highest BCUT2D eigenvalue weighted by Crippen LogP contribution is 2.15. The van der Waals surface area contributed by atoms with E-state index in [2.05, 4.69) is 4.72 Å². The van der Waals surface area contributed by atoms with Crippen molar-refractivity contribution >= 4 is 10.0 Å². The molecule has 21 heavy (non-hydrogen) atoms. The average Bonchev–Trinajstić information content (AvgIpc) is 2.47. The Bertz CT molecular complexity index is 730. The summed E-state index contributed by atoms with van der Waals surface area (Å²) in [6.07, 6.45) is 0. The monoisotopic (exact) mass is 313 g/mol. The van der Waals surface area contributed by atoms with E-state index in [0.717, 1.165) is 18.2 Å². The standard InChI is InChI=1S/C14H13F2NO3S/c15-12-3-1-10(2-4-12)8-17-21(19,20)13-5-6-14(16)11(7-13)9-18/h1-7,17-18H,8-9H2. The van der Waals surface area contributed by atoms with Crippen molar-refractivity contribution in [2.45, 2.75) is 18.0 Å². The van der Waals surface area contributed by atoms with E-state index in [0.29, 0.717) is 5.56 Å². The summed E-state index contributed by atoms with van der Waals surface area (Å²) in [5.41, 5.74) is 0.490. The van der Waals surface area contributed by atoms with Gasteiger partial charge >= 0.3 is 0 Å². The van der Waals surface area contributed by atoms with E-state index < -0.39 is 28.3 Å². The number of benzene rings is 2. The van der Waals surface area contributed by atoms with Crippen LogP contribution in [0, 0.1) is 11.6 Å². The molecular formula is C14H13F2NO3S. The summed E-state index contributed by atoms with van der Waals surface area (Å²) in [5, 5.41) is 8.95. The molecule has 0 atom stereocenters. The molecule has 0 aliphatic heterocycles. The zero-order valence-electron chi connectivity index (χ0n) is 10.9. The molecule has 0 amide bonds. The second-order valence-electron chi connectivity index (χ2n) is 4.36. The number of halogens is 2. The lowest BCUT2D eigenvalue weighted by Crippen LogP contribution is -2.23. The molecule has 0 radical (unpaired) electrons. The van der Waals surface area contributed by atoms with Gasteiger partial charge in [-0.3, -0.25) is 0 Å². The molecule has 4 nitrogen and oxygen atoms in total. The van der Waals surface area contributed by atoms with Gasteiger partial charge in [0.1, 0.15) is 11.6 Å². The van der Waals surface area contributed by atoms with Crippen LogP contribution in [-0.4, -0.2) is 13.5 Å². The molecule has 112 valence electrons. The van der Waals surface area contributed by atoms with Gasteiger partial charge in [0.15, 0.2) is 0 Å². The summed E-state index contributed by atoms with van der Waals surface area (Å²) in [6, 6.07) is 8.54. The molecule has 0 saturated heterocycles. The predicted molar refractivity (Wildman–Crippen MR) is 72.7 cm³/mol. The highest BCUT2D eigenvalue weighted by atomic mass is 32.2. The van der Waals surface area contributed by atoms with Crippen molar-refractivity contribution in [1.82, 2.24) is 4.72 Å². The third-order valence-electron chi connectivity index (χ3n) is 2.88. The first-order chi connectivity index (χ1) is 9.92. The molecule has 0 fully saturated rings. The van der Waals surface area contributed by atoms with Crippen LogP contribution in [-0.2, 0) is 23.2 Å². The summed E-state index contributed by atoms with van der Waals surface area (Å²) < 4.78 is 52.4. The molecule has 7 heteroatoms. The van der Waals surface area contributed by atoms with Crippen LogP contribution >= 0.6 is 0 Å². The summed E-state index contributed by atoms with van der Waals surface area (Å²) in [5.74, 6) is -1.08. The van der Waals surface area contributed by atoms with Crippen LogP contribution in [0.3, 0.4) is 0 Å². The molecular weight excluding hydrogens is 300 g/mol. The Hall–Kier alpha value is -1.83. The minimum absolute atomic E-state index is 0.0194. The van der Waals surface area contributed by atoms with E-state index in [4.69, 9.17) is 5.11 Å². The molecule has 0 unspecified atom stereocenters. The fraction of sp³-hybridized carbons (Fsp3) is 0.143. The maximum atomic E-state index is 13.2. The van der Waals surface area contributed by atoms with Crippen LogP contribution in [0.4, 0.5) is 8.78 Å². The number of hydrogen-bond donors (Lipinski definition) is 2. The molecule has 0 aliphatic rings. The molecule has 2 N–H and O–H groups in total. The Kier molecular flexibility index (Phi) is 4.66. The van der Waals surface area contributed by atoms with Crippen molar-refractivity contribution in [1.29, 1.82) is 0 Å². The molecule has 0 heterocycles. The minimum Gasteiger partial charge on any atom is -0.392 e. The van der Waals surface area contributed by atoms with Gasteiger partial charge in [0, 0.05) is 12.1 Å². The molecule has 0 bridgehead atoms. The maximum absolute atomic E-state index is 13.2. The van der Waals surface area contributed by atoms with Crippen LogP contribution in [0.15, 0.2) is 47.4 Å². The Morgan fingerprint density at radius 3 is 2.33 bits per heavy atom. The van der Waals surface area contributed by atoms with Gasteiger partial charge in [0.05, 0.1) is 11.5 Å². The average molecular weight is 313 g/mol. The zero-order chi connectivity index (χ0) is 15.5. The predicted octanol–water partition coefficient (Wildman–Crippen LogP) is 1.94. The van der Waals surface area contributed by atoms with Gasteiger partial charge in [-0.15, -0.1) is 0 Å². The van der Waals surface area contributed by atoms with E-state index in [1.54, 1.807) is 0 Å². The molecule has 2 rings (SSSR count). The number of nitrogens with one attached hydrogen (secondary N) is 1. The number of sulfonamides is 1. The maximum Gasteiger partial charge on any atom is 0.240 e. The van der Waals surface area contributed by atoms with Crippen molar-refractivity contribution in [2.75, 3.05) is 0 Å². The fourth-order valence-electron chi connectivity index (χ4n) is 1.70. The van der Waals surface area contributed by atoms with E-state index in [1.807, 2.05) is 0 Å². The Balaban J connectivity index is 2.16. The highest BCUT2D eigenvalue weighted by molar-refractivity contribution is 7.89. The summed E-state index contributed by atoms with van der Waals surface area (Å²) in [7, 11) is -3.84. The van der Waals surface area contributed by atoms with Gasteiger partial charge in [0.2, 0.25) is 10.0 Å². The Morgan fingerprint density at radius 1 is 1.05 bits per heavy atom. The van der Waals surface area contributed by atoms with Crippen molar-refractivity contribution in [3.63, 3.8) is 0 Å². The lowest BCUT2D eigenvalue weighted by Gasteiger charge is -2.08. The normalized spacial score (nSPS) is 11.6. The number of hydrogen-bond acceptors (Lipinski definition) is 3. The van der Waals surface area contributed by atoms with Crippen molar-refractivity contribution < 1.29 is 22.3 Å². The van der Waals surface area contributed by atoms with Gasteiger partial charge in [-0.1, -0.05) is 12.1 Å². The zero-order valence-corrected chi connectivity index (χ0v) is 11.7. The second kappa shape index (κ2) is 6.30. The van der Waals surface area contributed by atoms with Crippen LogP contribution in [0.2, 0.25) is 0 Å². The Morgan fingerprint density at radius 2 is 1.71 bits per heavy atom.